The van der Waals surface area contributed by atoms with Crippen LogP contribution in [0, 0.1) is 12.7 Å². The van der Waals surface area contributed by atoms with Crippen LogP contribution in [-0.2, 0) is 21.9 Å². The number of alkyl halides is 2. The molecule has 36 heavy (non-hydrogen) atoms. The second-order valence-corrected chi connectivity index (χ2v) is 9.47. The minimum absolute atomic E-state index is 0.0107. The van der Waals surface area contributed by atoms with Gasteiger partial charge >= 0.3 is 5.92 Å². The van der Waals surface area contributed by atoms with Gasteiger partial charge in [0.1, 0.15) is 41.5 Å². The van der Waals surface area contributed by atoms with E-state index in [1.54, 1.807) is 19.1 Å². The lowest BCUT2D eigenvalue weighted by atomic mass is 9.92. The number of halogens is 4. The van der Waals surface area contributed by atoms with Crippen LogP contribution in [0.1, 0.15) is 30.8 Å². The first-order valence-corrected chi connectivity index (χ1v) is 11.8. The summed E-state index contributed by atoms with van der Waals surface area (Å²) in [4.78, 5) is 8.79. The van der Waals surface area contributed by atoms with E-state index in [2.05, 4.69) is 15.3 Å². The van der Waals surface area contributed by atoms with Crippen molar-refractivity contribution in [2.75, 3.05) is 31.7 Å². The Morgan fingerprint density at radius 2 is 1.94 bits per heavy atom. The standard InChI is InChI=1S/C25H27ClF3N3O4/c1-14-31-20-10-19(26)21(36-8-7-35-16-12-34-13-16)9-17(20)23(32-14)30-11-15-5-4-6-18(22(15)27)25(28,29)24(2,3)33/h4-6,9-10,16,33H,7-8,11-13H2,1-3H3,(H,30,31,32). The number of aryl methyl sites for hydroxylation is 1. The van der Waals surface area contributed by atoms with E-state index in [-0.39, 0.29) is 24.8 Å². The van der Waals surface area contributed by atoms with Gasteiger partial charge < -0.3 is 24.6 Å². The van der Waals surface area contributed by atoms with Crippen molar-refractivity contribution < 1.29 is 32.5 Å². The molecular weight excluding hydrogens is 499 g/mol. The Bertz CT molecular complexity index is 1250. The summed E-state index contributed by atoms with van der Waals surface area (Å²) in [5, 5.41) is 13.8. The zero-order valence-corrected chi connectivity index (χ0v) is 20.8. The highest BCUT2D eigenvalue weighted by Gasteiger charge is 2.49. The fourth-order valence-electron chi connectivity index (χ4n) is 3.64. The van der Waals surface area contributed by atoms with E-state index in [1.165, 1.54) is 12.1 Å². The molecule has 2 aromatic carbocycles. The van der Waals surface area contributed by atoms with Crippen molar-refractivity contribution in [2.24, 2.45) is 0 Å². The molecule has 4 rings (SSSR count). The van der Waals surface area contributed by atoms with Crippen LogP contribution < -0.4 is 10.1 Å². The molecule has 1 saturated heterocycles. The summed E-state index contributed by atoms with van der Waals surface area (Å²) in [6, 6.07) is 6.98. The zero-order valence-electron chi connectivity index (χ0n) is 20.1. The smallest absolute Gasteiger partial charge is 0.303 e. The zero-order chi connectivity index (χ0) is 26.1. The van der Waals surface area contributed by atoms with Crippen molar-refractivity contribution in [2.45, 2.75) is 44.9 Å². The van der Waals surface area contributed by atoms with E-state index < -0.39 is 22.9 Å². The largest absolute Gasteiger partial charge is 0.490 e. The molecule has 0 unspecified atom stereocenters. The molecule has 1 aliphatic heterocycles. The van der Waals surface area contributed by atoms with E-state index in [1.807, 2.05) is 0 Å². The molecule has 194 valence electrons. The van der Waals surface area contributed by atoms with Crippen molar-refractivity contribution in [3.05, 3.63) is 58.1 Å². The van der Waals surface area contributed by atoms with Crippen LogP contribution in [0.15, 0.2) is 30.3 Å². The summed E-state index contributed by atoms with van der Waals surface area (Å²) in [6.45, 7) is 5.20. The molecule has 0 atom stereocenters. The molecule has 11 heteroatoms. The molecule has 0 amide bonds. The Morgan fingerprint density at radius 1 is 1.19 bits per heavy atom. The van der Waals surface area contributed by atoms with E-state index in [9.17, 15) is 13.9 Å². The van der Waals surface area contributed by atoms with Gasteiger partial charge in [0.2, 0.25) is 0 Å². The Morgan fingerprint density at radius 3 is 2.61 bits per heavy atom. The molecule has 3 aromatic rings. The number of aliphatic hydroxyl groups is 1. The van der Waals surface area contributed by atoms with Crippen molar-refractivity contribution in [3.8, 4) is 5.75 Å². The van der Waals surface area contributed by atoms with E-state index in [0.717, 1.165) is 19.9 Å². The summed E-state index contributed by atoms with van der Waals surface area (Å²) in [7, 11) is 0. The van der Waals surface area contributed by atoms with Crippen LogP contribution in [0.2, 0.25) is 5.02 Å². The molecular formula is C25H27ClF3N3O4. The Hall–Kier alpha value is -2.66. The lowest BCUT2D eigenvalue weighted by Gasteiger charge is -2.30. The second kappa shape index (κ2) is 10.4. The molecule has 7 nitrogen and oxygen atoms in total. The number of ether oxygens (including phenoxy) is 3. The molecule has 0 bridgehead atoms. The average Bonchev–Trinajstić information content (AvgIpc) is 2.76. The predicted octanol–water partition coefficient (Wildman–Crippen LogP) is 5.00. The van der Waals surface area contributed by atoms with Crippen LogP contribution >= 0.6 is 11.6 Å². The Kier molecular flexibility index (Phi) is 7.61. The number of hydrogen-bond acceptors (Lipinski definition) is 7. The first-order valence-electron chi connectivity index (χ1n) is 11.4. The number of aromatic nitrogens is 2. The molecule has 2 heterocycles. The maximum atomic E-state index is 15.1. The highest BCUT2D eigenvalue weighted by atomic mass is 35.5. The van der Waals surface area contributed by atoms with Crippen molar-refractivity contribution in [1.82, 2.24) is 9.97 Å². The number of nitrogens with one attached hydrogen (secondary N) is 1. The number of rotatable bonds is 10. The number of nitrogens with zero attached hydrogens (tertiary/aromatic N) is 2. The minimum Gasteiger partial charge on any atom is -0.490 e. The van der Waals surface area contributed by atoms with Gasteiger partial charge in [0.05, 0.1) is 35.9 Å². The van der Waals surface area contributed by atoms with Gasteiger partial charge in [-0.1, -0.05) is 23.7 Å². The molecule has 0 radical (unpaired) electrons. The molecule has 1 aromatic heterocycles. The maximum Gasteiger partial charge on any atom is 0.303 e. The summed E-state index contributed by atoms with van der Waals surface area (Å²) >= 11 is 6.37. The number of anilines is 1. The van der Waals surface area contributed by atoms with Gasteiger partial charge in [-0.05, 0) is 39.0 Å². The van der Waals surface area contributed by atoms with Gasteiger partial charge in [-0.2, -0.15) is 8.78 Å². The normalized spacial score (nSPS) is 14.7. The minimum atomic E-state index is -3.79. The summed E-state index contributed by atoms with van der Waals surface area (Å²) in [5.41, 5.74) is -2.79. The summed E-state index contributed by atoms with van der Waals surface area (Å²) < 4.78 is 60.7. The first kappa shape index (κ1) is 26.4. The third-order valence-corrected chi connectivity index (χ3v) is 6.09. The molecule has 1 fully saturated rings. The van der Waals surface area contributed by atoms with E-state index >= 15 is 4.39 Å². The summed E-state index contributed by atoms with van der Waals surface area (Å²) in [5.74, 6) is -3.69. The fraction of sp³-hybridized carbons (Fsp3) is 0.440. The van der Waals surface area contributed by atoms with Crippen molar-refractivity contribution >= 4 is 28.3 Å². The Balaban J connectivity index is 1.55. The van der Waals surface area contributed by atoms with Crippen LogP contribution in [0.5, 0.6) is 5.75 Å². The third-order valence-electron chi connectivity index (χ3n) is 5.79. The second-order valence-electron chi connectivity index (χ2n) is 9.06. The van der Waals surface area contributed by atoms with Crippen molar-refractivity contribution in [1.29, 1.82) is 0 Å². The third kappa shape index (κ3) is 5.51. The van der Waals surface area contributed by atoms with Gasteiger partial charge in [0, 0.05) is 17.5 Å². The fourth-order valence-corrected chi connectivity index (χ4v) is 3.85. The quantitative estimate of drug-likeness (QED) is 0.360. The molecule has 2 N–H and O–H groups in total. The Labute approximate surface area is 211 Å². The van der Waals surface area contributed by atoms with Gasteiger partial charge in [-0.15, -0.1) is 0 Å². The highest BCUT2D eigenvalue weighted by molar-refractivity contribution is 6.32. The van der Waals surface area contributed by atoms with Gasteiger partial charge in [-0.25, -0.2) is 14.4 Å². The van der Waals surface area contributed by atoms with Gasteiger partial charge in [0.25, 0.3) is 0 Å². The SMILES string of the molecule is Cc1nc(NCc2cccc(C(F)(F)C(C)(C)O)c2F)c2cc(OCCOC3COC3)c(Cl)cc2n1. The van der Waals surface area contributed by atoms with Crippen LogP contribution in [0.3, 0.4) is 0 Å². The van der Waals surface area contributed by atoms with Crippen molar-refractivity contribution in [3.63, 3.8) is 0 Å². The van der Waals surface area contributed by atoms with Crippen LogP contribution in [0.25, 0.3) is 10.9 Å². The van der Waals surface area contributed by atoms with E-state index in [4.69, 9.17) is 25.8 Å². The lowest BCUT2D eigenvalue weighted by molar-refractivity contribution is -0.170. The summed E-state index contributed by atoms with van der Waals surface area (Å²) in [6.07, 6.45) is 0.0788. The monoisotopic (exact) mass is 525 g/mol. The molecule has 0 saturated carbocycles. The predicted molar refractivity (Wildman–Crippen MR) is 129 cm³/mol. The average molecular weight is 526 g/mol. The van der Waals surface area contributed by atoms with Crippen LogP contribution in [-0.4, -0.2) is 53.2 Å². The molecule has 1 aliphatic rings. The van der Waals surface area contributed by atoms with E-state index in [0.29, 0.717) is 53.1 Å². The molecule has 0 aliphatic carbocycles. The number of fused-ring (bicyclic) bond motifs is 1. The van der Waals surface area contributed by atoms with Gasteiger partial charge in [0.15, 0.2) is 0 Å². The highest BCUT2D eigenvalue weighted by Crippen LogP contribution is 2.40. The molecule has 0 spiro atoms. The maximum absolute atomic E-state index is 15.1. The topological polar surface area (TPSA) is 85.7 Å². The number of benzene rings is 2. The number of hydrogen-bond donors (Lipinski definition) is 2. The lowest BCUT2D eigenvalue weighted by Crippen LogP contribution is -2.41. The first-order chi connectivity index (χ1) is 17.0. The van der Waals surface area contributed by atoms with Crippen LogP contribution in [0.4, 0.5) is 19.0 Å². The van der Waals surface area contributed by atoms with Gasteiger partial charge in [-0.3, -0.25) is 0 Å².